The number of benzene rings is 3. The number of hydrogen-bond acceptors (Lipinski definition) is 4. The summed E-state index contributed by atoms with van der Waals surface area (Å²) in [6.07, 6.45) is 0. The second-order valence-electron chi connectivity index (χ2n) is 8.88. The highest BCUT2D eigenvalue weighted by Crippen LogP contribution is 2.26. The van der Waals surface area contributed by atoms with Crippen molar-refractivity contribution in [3.8, 4) is 0 Å². The van der Waals surface area contributed by atoms with Crippen molar-refractivity contribution in [1.82, 2.24) is 10.2 Å². The smallest absolute Gasteiger partial charge is 0.264 e. The van der Waals surface area contributed by atoms with Gasteiger partial charge >= 0.3 is 0 Å². The van der Waals surface area contributed by atoms with Crippen LogP contribution in [-0.4, -0.2) is 44.3 Å². The molecule has 3 aromatic rings. The van der Waals surface area contributed by atoms with E-state index in [4.69, 9.17) is 11.6 Å². The third kappa shape index (κ3) is 7.11. The standard InChI is InChI=1S/C28H32ClN3O4S/c1-5-30-28(34)22(4)31(18-23-8-6-7-21(3)17-23)27(33)19-32(25-13-9-20(2)10-14-25)37(35,36)26-15-11-24(29)12-16-26/h6-17,22H,5,18-19H2,1-4H3,(H,30,34)/t22-/m0/s1. The highest BCUT2D eigenvalue weighted by Gasteiger charge is 2.32. The summed E-state index contributed by atoms with van der Waals surface area (Å²) in [4.78, 5) is 27.9. The summed E-state index contributed by atoms with van der Waals surface area (Å²) in [5.74, 6) is -0.815. The van der Waals surface area contributed by atoms with Crippen molar-refractivity contribution in [2.45, 2.75) is 45.2 Å². The third-order valence-corrected chi connectivity index (χ3v) is 8.00. The molecule has 2 amide bonds. The molecule has 37 heavy (non-hydrogen) atoms. The zero-order valence-electron chi connectivity index (χ0n) is 21.4. The van der Waals surface area contributed by atoms with Gasteiger partial charge in [-0.3, -0.25) is 13.9 Å². The minimum atomic E-state index is -4.12. The topological polar surface area (TPSA) is 86.8 Å². The van der Waals surface area contributed by atoms with Crippen LogP contribution in [-0.2, 0) is 26.2 Å². The van der Waals surface area contributed by atoms with E-state index in [0.29, 0.717) is 17.3 Å². The molecule has 3 aromatic carbocycles. The molecule has 1 N–H and O–H groups in total. The average Bonchev–Trinajstić information content (AvgIpc) is 2.86. The molecule has 0 heterocycles. The van der Waals surface area contributed by atoms with Crippen LogP contribution in [0, 0.1) is 13.8 Å². The molecule has 0 saturated carbocycles. The van der Waals surface area contributed by atoms with Gasteiger partial charge in [-0.25, -0.2) is 8.42 Å². The third-order valence-electron chi connectivity index (χ3n) is 5.96. The first kappa shape index (κ1) is 28.2. The van der Waals surface area contributed by atoms with Crippen LogP contribution in [0.1, 0.15) is 30.5 Å². The largest absolute Gasteiger partial charge is 0.355 e. The quantitative estimate of drug-likeness (QED) is 0.403. The summed E-state index contributed by atoms with van der Waals surface area (Å²) in [6.45, 7) is 7.37. The fourth-order valence-electron chi connectivity index (χ4n) is 3.89. The lowest BCUT2D eigenvalue weighted by molar-refractivity contribution is -0.139. The zero-order chi connectivity index (χ0) is 27.2. The summed E-state index contributed by atoms with van der Waals surface area (Å²) in [5.41, 5.74) is 3.15. The predicted molar refractivity (Wildman–Crippen MR) is 147 cm³/mol. The van der Waals surface area contributed by atoms with E-state index in [1.165, 1.54) is 29.2 Å². The number of halogens is 1. The number of hydrogen-bond donors (Lipinski definition) is 1. The molecule has 1 atom stereocenters. The minimum Gasteiger partial charge on any atom is -0.355 e. The van der Waals surface area contributed by atoms with E-state index in [1.54, 1.807) is 38.1 Å². The van der Waals surface area contributed by atoms with Gasteiger partial charge in [0.2, 0.25) is 11.8 Å². The molecule has 0 aliphatic rings. The first-order valence-corrected chi connectivity index (χ1v) is 13.8. The number of carbonyl (C=O) groups is 2. The van der Waals surface area contributed by atoms with Gasteiger partial charge in [0.05, 0.1) is 10.6 Å². The monoisotopic (exact) mass is 541 g/mol. The summed E-state index contributed by atoms with van der Waals surface area (Å²) in [6, 6.07) is 19.5. The van der Waals surface area contributed by atoms with E-state index in [2.05, 4.69) is 5.32 Å². The summed E-state index contributed by atoms with van der Waals surface area (Å²) in [5, 5.41) is 3.15. The number of sulfonamides is 1. The summed E-state index contributed by atoms with van der Waals surface area (Å²) in [7, 11) is -4.12. The van der Waals surface area contributed by atoms with Gasteiger partial charge in [0.1, 0.15) is 12.6 Å². The van der Waals surface area contributed by atoms with Crippen LogP contribution in [0.3, 0.4) is 0 Å². The lowest BCUT2D eigenvalue weighted by atomic mass is 10.1. The van der Waals surface area contributed by atoms with E-state index < -0.39 is 28.5 Å². The van der Waals surface area contributed by atoms with E-state index in [-0.39, 0.29) is 17.3 Å². The SMILES string of the molecule is CCNC(=O)[C@H](C)N(Cc1cccc(C)c1)C(=O)CN(c1ccc(C)cc1)S(=O)(=O)c1ccc(Cl)cc1. The Hall–Kier alpha value is -3.36. The van der Waals surface area contributed by atoms with Crippen molar-refractivity contribution in [2.75, 3.05) is 17.4 Å². The fraction of sp³-hybridized carbons (Fsp3) is 0.286. The van der Waals surface area contributed by atoms with Crippen molar-refractivity contribution in [1.29, 1.82) is 0 Å². The first-order valence-electron chi connectivity index (χ1n) is 12.0. The Morgan fingerprint density at radius 1 is 0.946 bits per heavy atom. The molecule has 0 aliphatic carbocycles. The number of nitrogens with zero attached hydrogens (tertiary/aromatic N) is 2. The maximum atomic E-state index is 13.8. The van der Waals surface area contributed by atoms with E-state index in [0.717, 1.165) is 21.0 Å². The maximum absolute atomic E-state index is 13.8. The van der Waals surface area contributed by atoms with Crippen molar-refractivity contribution in [2.24, 2.45) is 0 Å². The molecular formula is C28H32ClN3O4S. The Labute approximate surface area is 224 Å². The highest BCUT2D eigenvalue weighted by molar-refractivity contribution is 7.92. The molecule has 0 fully saturated rings. The lowest BCUT2D eigenvalue weighted by Gasteiger charge is -2.32. The Bertz CT molecular complexity index is 1340. The second kappa shape index (κ2) is 12.3. The Kier molecular flexibility index (Phi) is 9.34. The van der Waals surface area contributed by atoms with Gasteiger partial charge in [0.25, 0.3) is 10.0 Å². The molecule has 0 aromatic heterocycles. The van der Waals surface area contributed by atoms with Crippen molar-refractivity contribution in [3.05, 3.63) is 94.5 Å². The number of carbonyl (C=O) groups excluding carboxylic acids is 2. The second-order valence-corrected chi connectivity index (χ2v) is 11.2. The van der Waals surface area contributed by atoms with Gasteiger partial charge < -0.3 is 10.2 Å². The molecular weight excluding hydrogens is 510 g/mol. The number of anilines is 1. The molecule has 196 valence electrons. The van der Waals surface area contributed by atoms with Crippen LogP contribution in [0.4, 0.5) is 5.69 Å². The summed E-state index contributed by atoms with van der Waals surface area (Å²) < 4.78 is 28.5. The Balaban J connectivity index is 2.02. The molecule has 0 bridgehead atoms. The van der Waals surface area contributed by atoms with E-state index in [9.17, 15) is 18.0 Å². The van der Waals surface area contributed by atoms with E-state index in [1.807, 2.05) is 38.1 Å². The minimum absolute atomic E-state index is 0.00674. The number of likely N-dealkylation sites (N-methyl/N-ethyl adjacent to an activating group) is 1. The molecule has 0 unspecified atom stereocenters. The van der Waals surface area contributed by atoms with Crippen LogP contribution < -0.4 is 9.62 Å². The van der Waals surface area contributed by atoms with Crippen LogP contribution in [0.15, 0.2) is 77.7 Å². The molecule has 3 rings (SSSR count). The number of aryl methyl sites for hydroxylation is 2. The van der Waals surface area contributed by atoms with Gasteiger partial charge in [-0.15, -0.1) is 0 Å². The number of amides is 2. The fourth-order valence-corrected chi connectivity index (χ4v) is 5.43. The average molecular weight is 542 g/mol. The van der Waals surface area contributed by atoms with Crippen molar-refractivity contribution < 1.29 is 18.0 Å². The van der Waals surface area contributed by atoms with Gasteiger partial charge in [0.15, 0.2) is 0 Å². The van der Waals surface area contributed by atoms with Crippen molar-refractivity contribution in [3.63, 3.8) is 0 Å². The number of nitrogens with one attached hydrogen (secondary N) is 1. The Morgan fingerprint density at radius 2 is 1.59 bits per heavy atom. The van der Waals surface area contributed by atoms with Crippen LogP contribution in [0.2, 0.25) is 5.02 Å². The molecule has 0 spiro atoms. The predicted octanol–water partition coefficient (Wildman–Crippen LogP) is 4.71. The molecule has 9 heteroatoms. The van der Waals surface area contributed by atoms with Gasteiger partial charge in [-0.2, -0.15) is 0 Å². The lowest BCUT2D eigenvalue weighted by Crippen LogP contribution is -2.51. The van der Waals surface area contributed by atoms with Crippen LogP contribution in [0.5, 0.6) is 0 Å². The van der Waals surface area contributed by atoms with Gasteiger partial charge in [-0.1, -0.05) is 59.1 Å². The van der Waals surface area contributed by atoms with Crippen LogP contribution >= 0.6 is 11.6 Å². The molecule has 0 aliphatic heterocycles. The van der Waals surface area contributed by atoms with Gasteiger partial charge in [-0.05, 0) is 69.7 Å². The molecule has 0 saturated heterocycles. The highest BCUT2D eigenvalue weighted by atomic mass is 35.5. The van der Waals surface area contributed by atoms with Crippen LogP contribution in [0.25, 0.3) is 0 Å². The number of rotatable bonds is 10. The Morgan fingerprint density at radius 3 is 2.19 bits per heavy atom. The van der Waals surface area contributed by atoms with E-state index >= 15 is 0 Å². The zero-order valence-corrected chi connectivity index (χ0v) is 23.0. The molecule has 0 radical (unpaired) electrons. The van der Waals surface area contributed by atoms with Gasteiger partial charge in [0, 0.05) is 18.1 Å². The summed E-state index contributed by atoms with van der Waals surface area (Å²) >= 11 is 5.97. The van der Waals surface area contributed by atoms with Crippen molar-refractivity contribution >= 4 is 39.1 Å². The first-order chi connectivity index (χ1) is 17.5. The molecule has 7 nitrogen and oxygen atoms in total. The normalized spacial score (nSPS) is 12.0. The maximum Gasteiger partial charge on any atom is 0.264 e.